The van der Waals surface area contributed by atoms with Gasteiger partial charge in [-0.3, -0.25) is 14.9 Å². The summed E-state index contributed by atoms with van der Waals surface area (Å²) in [6.45, 7) is 4.65. The van der Waals surface area contributed by atoms with Crippen LogP contribution < -0.4 is 10.1 Å². The number of nitrogens with zero attached hydrogens (tertiary/aromatic N) is 1. The van der Waals surface area contributed by atoms with Gasteiger partial charge in [-0.2, -0.15) is 0 Å². The van der Waals surface area contributed by atoms with Gasteiger partial charge in [-0.05, 0) is 6.07 Å². The van der Waals surface area contributed by atoms with Gasteiger partial charge in [-0.25, -0.2) is 0 Å². The first-order chi connectivity index (χ1) is 10.0. The third-order valence-corrected chi connectivity index (χ3v) is 3.17. The number of hydrogen-bond donors (Lipinski definition) is 1. The maximum absolute atomic E-state index is 12.4. The average Bonchev–Trinajstić information content (AvgIpc) is 2.45. The van der Waals surface area contributed by atoms with Crippen LogP contribution in [0.1, 0.15) is 36.2 Å². The summed E-state index contributed by atoms with van der Waals surface area (Å²) in [6.07, 6.45) is 0.190. The molecule has 114 valence electrons. The molecule has 0 saturated heterocycles. The fourth-order valence-electron chi connectivity index (χ4n) is 2.21. The highest BCUT2D eigenvalue weighted by Crippen LogP contribution is 2.34. The topological polar surface area (TPSA) is 90.7 Å². The summed E-state index contributed by atoms with van der Waals surface area (Å²) in [5.74, 6) is 0.202. The Bertz CT molecular complexity index is 557. The largest absolute Gasteiger partial charge is 0.467 e. The molecule has 0 amide bonds. The zero-order chi connectivity index (χ0) is 15.4. The Morgan fingerprint density at radius 1 is 1.48 bits per heavy atom. The molecule has 0 aliphatic carbocycles. The normalized spacial score (nSPS) is 13.7. The van der Waals surface area contributed by atoms with Gasteiger partial charge < -0.3 is 14.8 Å². The van der Waals surface area contributed by atoms with Crippen LogP contribution in [0.3, 0.4) is 0 Å². The standard InChI is InChI=1S/C14H18N2O5/c1-9(2)15-6-5-12(17)14-10-7-20-8-21-13(10)4-3-11(14)16(18)19/h3-4,9,15H,5-8H2,1-2H3. The van der Waals surface area contributed by atoms with Gasteiger partial charge in [-0.15, -0.1) is 0 Å². The minimum atomic E-state index is -0.544. The molecule has 0 unspecified atom stereocenters. The van der Waals surface area contributed by atoms with Crippen molar-refractivity contribution >= 4 is 11.5 Å². The Morgan fingerprint density at radius 2 is 2.24 bits per heavy atom. The number of nitro benzene ring substituents is 1. The zero-order valence-electron chi connectivity index (χ0n) is 12.0. The molecule has 7 heteroatoms. The molecule has 0 saturated carbocycles. The molecular formula is C14H18N2O5. The van der Waals surface area contributed by atoms with Crippen molar-refractivity contribution in [3.05, 3.63) is 33.4 Å². The maximum atomic E-state index is 12.4. The Morgan fingerprint density at radius 3 is 2.90 bits per heavy atom. The summed E-state index contributed by atoms with van der Waals surface area (Å²) >= 11 is 0. The highest BCUT2D eigenvalue weighted by Gasteiger charge is 2.28. The van der Waals surface area contributed by atoms with Crippen LogP contribution in [0, 0.1) is 10.1 Å². The minimum absolute atomic E-state index is 0.0906. The monoisotopic (exact) mass is 294 g/mol. The molecule has 7 nitrogen and oxygen atoms in total. The fourth-order valence-corrected chi connectivity index (χ4v) is 2.21. The maximum Gasteiger partial charge on any atom is 0.280 e. The summed E-state index contributed by atoms with van der Waals surface area (Å²) in [4.78, 5) is 23.0. The minimum Gasteiger partial charge on any atom is -0.467 e. The molecule has 1 aliphatic rings. The number of Topliss-reactive ketones (excluding diaryl/α,β-unsaturated/α-hetero) is 1. The molecule has 0 bridgehead atoms. The molecule has 0 atom stereocenters. The molecule has 1 heterocycles. The molecule has 1 N–H and O–H groups in total. The quantitative estimate of drug-likeness (QED) is 0.490. The van der Waals surface area contributed by atoms with Crippen LogP contribution in [0.25, 0.3) is 0 Å². The first-order valence-corrected chi connectivity index (χ1v) is 6.78. The average molecular weight is 294 g/mol. The van der Waals surface area contributed by atoms with Crippen LogP contribution in [-0.2, 0) is 11.3 Å². The van der Waals surface area contributed by atoms with Crippen molar-refractivity contribution in [3.63, 3.8) is 0 Å². The molecule has 0 spiro atoms. The van der Waals surface area contributed by atoms with Gasteiger partial charge in [-0.1, -0.05) is 13.8 Å². The van der Waals surface area contributed by atoms with E-state index in [1.807, 2.05) is 13.8 Å². The van der Waals surface area contributed by atoms with Crippen molar-refractivity contribution in [3.8, 4) is 5.75 Å². The van der Waals surface area contributed by atoms with Gasteiger partial charge in [0.25, 0.3) is 5.69 Å². The van der Waals surface area contributed by atoms with Gasteiger partial charge in [0.05, 0.1) is 11.5 Å². The number of nitrogens with one attached hydrogen (secondary N) is 1. The van der Waals surface area contributed by atoms with Crippen molar-refractivity contribution < 1.29 is 19.2 Å². The van der Waals surface area contributed by atoms with Gasteiger partial charge in [0.15, 0.2) is 12.6 Å². The van der Waals surface area contributed by atoms with Gasteiger partial charge in [0, 0.05) is 30.6 Å². The third-order valence-electron chi connectivity index (χ3n) is 3.17. The van der Waals surface area contributed by atoms with E-state index >= 15 is 0 Å². The van der Waals surface area contributed by atoms with Crippen LogP contribution in [0.5, 0.6) is 5.75 Å². The highest BCUT2D eigenvalue weighted by atomic mass is 16.7. The molecule has 0 aromatic heterocycles. The molecule has 1 aromatic carbocycles. The van der Waals surface area contributed by atoms with Crippen molar-refractivity contribution in [2.45, 2.75) is 32.9 Å². The fraction of sp³-hybridized carbons (Fsp3) is 0.500. The lowest BCUT2D eigenvalue weighted by atomic mass is 9.98. The molecule has 2 rings (SSSR count). The predicted octanol–water partition coefficient (Wildman–Crippen LogP) is 2.03. The number of rotatable bonds is 6. The second kappa shape index (κ2) is 6.64. The summed E-state index contributed by atoms with van der Waals surface area (Å²) in [6, 6.07) is 3.08. The molecular weight excluding hydrogens is 276 g/mol. The zero-order valence-corrected chi connectivity index (χ0v) is 12.0. The highest BCUT2D eigenvalue weighted by molar-refractivity contribution is 6.02. The van der Waals surface area contributed by atoms with Crippen LogP contribution in [0.15, 0.2) is 12.1 Å². The van der Waals surface area contributed by atoms with Crippen LogP contribution in [0.2, 0.25) is 0 Å². The molecule has 0 radical (unpaired) electrons. The van der Waals surface area contributed by atoms with Gasteiger partial charge in [0.1, 0.15) is 11.3 Å². The van der Waals surface area contributed by atoms with E-state index in [9.17, 15) is 14.9 Å². The Kier molecular flexibility index (Phi) is 4.87. The number of benzene rings is 1. The smallest absolute Gasteiger partial charge is 0.280 e. The number of nitro groups is 1. The second-order valence-corrected chi connectivity index (χ2v) is 5.09. The summed E-state index contributed by atoms with van der Waals surface area (Å²) in [7, 11) is 0. The first-order valence-electron chi connectivity index (χ1n) is 6.78. The van der Waals surface area contributed by atoms with Crippen molar-refractivity contribution in [2.24, 2.45) is 0 Å². The first kappa shape index (κ1) is 15.4. The Balaban J connectivity index is 2.30. The second-order valence-electron chi connectivity index (χ2n) is 5.09. The predicted molar refractivity (Wildman–Crippen MR) is 75.5 cm³/mol. The Labute approximate surface area is 122 Å². The third kappa shape index (κ3) is 3.56. The number of carbonyl (C=O) groups excluding carboxylic acids is 1. The van der Waals surface area contributed by atoms with E-state index in [-0.39, 0.29) is 42.9 Å². The number of hydrogen-bond acceptors (Lipinski definition) is 6. The van der Waals surface area contributed by atoms with E-state index in [2.05, 4.69) is 5.32 Å². The SMILES string of the molecule is CC(C)NCCC(=O)c1c([N+](=O)[O-])ccc2c1COCO2. The van der Waals surface area contributed by atoms with Crippen molar-refractivity contribution in [2.75, 3.05) is 13.3 Å². The lowest BCUT2D eigenvalue weighted by molar-refractivity contribution is -0.385. The van der Waals surface area contributed by atoms with Crippen molar-refractivity contribution in [1.82, 2.24) is 5.32 Å². The Hall–Kier alpha value is -1.99. The van der Waals surface area contributed by atoms with E-state index in [0.717, 1.165) is 0 Å². The lowest BCUT2D eigenvalue weighted by Gasteiger charge is -2.20. The van der Waals surface area contributed by atoms with Crippen LogP contribution >= 0.6 is 0 Å². The van der Waals surface area contributed by atoms with Gasteiger partial charge >= 0.3 is 0 Å². The van der Waals surface area contributed by atoms with Crippen LogP contribution in [-0.4, -0.2) is 30.1 Å². The van der Waals surface area contributed by atoms with Gasteiger partial charge in [0.2, 0.25) is 0 Å². The number of ketones is 1. The summed E-state index contributed by atoms with van der Waals surface area (Å²) in [5.41, 5.74) is 0.366. The number of ether oxygens (including phenoxy) is 2. The molecule has 0 fully saturated rings. The molecule has 1 aromatic rings. The van der Waals surface area contributed by atoms with E-state index in [0.29, 0.717) is 17.9 Å². The number of carbonyl (C=O) groups is 1. The summed E-state index contributed by atoms with van der Waals surface area (Å²) < 4.78 is 10.4. The van der Waals surface area contributed by atoms with E-state index in [1.165, 1.54) is 12.1 Å². The number of fused-ring (bicyclic) bond motifs is 1. The molecule has 21 heavy (non-hydrogen) atoms. The van der Waals surface area contributed by atoms with Crippen LogP contribution in [0.4, 0.5) is 5.69 Å². The van der Waals surface area contributed by atoms with Crippen molar-refractivity contribution in [1.29, 1.82) is 0 Å². The summed E-state index contributed by atoms with van der Waals surface area (Å²) in [5, 5.41) is 14.3. The lowest BCUT2D eigenvalue weighted by Crippen LogP contribution is -2.26. The van der Waals surface area contributed by atoms with E-state index in [1.54, 1.807) is 0 Å². The van der Waals surface area contributed by atoms with E-state index < -0.39 is 4.92 Å². The molecule has 1 aliphatic heterocycles. The van der Waals surface area contributed by atoms with E-state index in [4.69, 9.17) is 9.47 Å².